The van der Waals surface area contributed by atoms with E-state index in [1.165, 1.54) is 0 Å². The summed E-state index contributed by atoms with van der Waals surface area (Å²) in [5, 5.41) is 3.34. The molecule has 4 rings (SSSR count). The van der Waals surface area contributed by atoms with Crippen molar-refractivity contribution in [3.63, 3.8) is 0 Å². The molecule has 0 aliphatic carbocycles. The Labute approximate surface area is 138 Å². The van der Waals surface area contributed by atoms with Crippen molar-refractivity contribution >= 4 is 28.1 Å². The highest BCUT2D eigenvalue weighted by molar-refractivity contribution is 5.87. The molecule has 0 aliphatic heterocycles. The summed E-state index contributed by atoms with van der Waals surface area (Å²) in [5.74, 6) is 2.05. The highest BCUT2D eigenvalue weighted by Gasteiger charge is 2.14. The second-order valence-corrected chi connectivity index (χ2v) is 5.26. The second-order valence-electron chi connectivity index (χ2n) is 5.26. The van der Waals surface area contributed by atoms with E-state index in [-0.39, 0.29) is 0 Å². The number of aromatic nitrogens is 3. The number of anilines is 2. The predicted octanol–water partition coefficient (Wildman–Crippen LogP) is 3.64. The lowest BCUT2D eigenvalue weighted by Crippen LogP contribution is -2.02. The molecule has 0 spiro atoms. The number of hydrogen-bond donors (Lipinski definition) is 1. The van der Waals surface area contributed by atoms with E-state index in [1.54, 1.807) is 26.7 Å². The van der Waals surface area contributed by atoms with Crippen molar-refractivity contribution in [1.82, 2.24) is 14.4 Å². The third kappa shape index (κ3) is 2.20. The van der Waals surface area contributed by atoms with E-state index in [0.717, 1.165) is 22.2 Å². The summed E-state index contributed by atoms with van der Waals surface area (Å²) in [6.07, 6.45) is 3.56. The first kappa shape index (κ1) is 14.3. The van der Waals surface area contributed by atoms with Gasteiger partial charge in [-0.3, -0.25) is 4.40 Å². The maximum Gasteiger partial charge on any atom is 0.157 e. The predicted molar refractivity (Wildman–Crippen MR) is 93.3 cm³/mol. The number of fused-ring (bicyclic) bond motifs is 3. The molecular formula is C18H16N4O2. The van der Waals surface area contributed by atoms with E-state index in [0.29, 0.717) is 17.3 Å². The summed E-state index contributed by atoms with van der Waals surface area (Å²) in [6.45, 7) is 0. The van der Waals surface area contributed by atoms with E-state index in [1.807, 2.05) is 46.9 Å². The van der Waals surface area contributed by atoms with Gasteiger partial charge in [-0.2, -0.15) is 0 Å². The van der Waals surface area contributed by atoms with Gasteiger partial charge in [0.2, 0.25) is 0 Å². The Morgan fingerprint density at radius 2 is 1.67 bits per heavy atom. The van der Waals surface area contributed by atoms with Crippen LogP contribution in [0.5, 0.6) is 11.5 Å². The molecule has 6 heteroatoms. The Morgan fingerprint density at radius 1 is 0.917 bits per heavy atom. The van der Waals surface area contributed by atoms with Crippen LogP contribution in [0.15, 0.2) is 55.0 Å². The Balaban J connectivity index is 1.93. The highest BCUT2D eigenvalue weighted by Crippen LogP contribution is 2.37. The summed E-state index contributed by atoms with van der Waals surface area (Å²) >= 11 is 0. The van der Waals surface area contributed by atoms with Crippen LogP contribution in [-0.2, 0) is 0 Å². The molecule has 1 N–H and O–H groups in total. The molecule has 4 aromatic rings. The fraction of sp³-hybridized carbons (Fsp3) is 0.111. The van der Waals surface area contributed by atoms with Gasteiger partial charge >= 0.3 is 0 Å². The van der Waals surface area contributed by atoms with Crippen molar-refractivity contribution < 1.29 is 9.47 Å². The molecular weight excluding hydrogens is 304 g/mol. The molecule has 24 heavy (non-hydrogen) atoms. The summed E-state index contributed by atoms with van der Waals surface area (Å²) < 4.78 is 12.9. The number of nitrogens with zero attached hydrogens (tertiary/aromatic N) is 3. The van der Waals surface area contributed by atoms with E-state index in [9.17, 15) is 0 Å². The molecule has 2 aromatic heterocycles. The molecule has 0 fully saturated rings. The summed E-state index contributed by atoms with van der Waals surface area (Å²) in [7, 11) is 3.25. The van der Waals surface area contributed by atoms with Crippen LogP contribution in [0.3, 0.4) is 0 Å². The van der Waals surface area contributed by atoms with Gasteiger partial charge in [0.25, 0.3) is 0 Å². The van der Waals surface area contributed by atoms with Gasteiger partial charge in [-0.05, 0) is 24.3 Å². The highest BCUT2D eigenvalue weighted by atomic mass is 16.5. The Bertz CT molecular complexity index is 1000. The van der Waals surface area contributed by atoms with Gasteiger partial charge < -0.3 is 14.8 Å². The number of para-hydroxylation sites is 3. The quantitative estimate of drug-likeness (QED) is 0.622. The van der Waals surface area contributed by atoms with E-state index >= 15 is 0 Å². The summed E-state index contributed by atoms with van der Waals surface area (Å²) in [6, 6.07) is 13.6. The topological polar surface area (TPSA) is 60.7 Å². The lowest BCUT2D eigenvalue weighted by atomic mass is 10.2. The van der Waals surface area contributed by atoms with Gasteiger partial charge in [0.1, 0.15) is 22.7 Å². The van der Waals surface area contributed by atoms with E-state index in [2.05, 4.69) is 10.3 Å². The van der Waals surface area contributed by atoms with Crippen LogP contribution in [0.25, 0.3) is 16.6 Å². The summed E-state index contributed by atoms with van der Waals surface area (Å²) in [4.78, 5) is 9.00. The van der Waals surface area contributed by atoms with Crippen molar-refractivity contribution in [3.05, 3.63) is 55.0 Å². The van der Waals surface area contributed by atoms with Gasteiger partial charge in [-0.15, -0.1) is 0 Å². The molecule has 2 aromatic carbocycles. The fourth-order valence-electron chi connectivity index (χ4n) is 2.79. The third-order valence-electron chi connectivity index (χ3n) is 3.93. The van der Waals surface area contributed by atoms with Gasteiger partial charge in [0, 0.05) is 0 Å². The summed E-state index contributed by atoms with van der Waals surface area (Å²) in [5.41, 5.74) is 3.48. The van der Waals surface area contributed by atoms with Crippen molar-refractivity contribution in [2.75, 3.05) is 19.5 Å². The van der Waals surface area contributed by atoms with E-state index < -0.39 is 0 Å². The van der Waals surface area contributed by atoms with Gasteiger partial charge in [-0.25, -0.2) is 9.97 Å². The third-order valence-corrected chi connectivity index (χ3v) is 3.93. The van der Waals surface area contributed by atoms with Crippen molar-refractivity contribution in [1.29, 1.82) is 0 Å². The van der Waals surface area contributed by atoms with Crippen LogP contribution >= 0.6 is 0 Å². The molecule has 0 saturated heterocycles. The Hall–Kier alpha value is -3.28. The van der Waals surface area contributed by atoms with Crippen molar-refractivity contribution in [2.45, 2.75) is 0 Å². The number of rotatable bonds is 4. The molecule has 0 saturated carbocycles. The minimum atomic E-state index is 0.682. The van der Waals surface area contributed by atoms with Crippen LogP contribution in [0, 0.1) is 0 Å². The zero-order valence-corrected chi connectivity index (χ0v) is 13.4. The molecule has 0 unspecified atom stereocenters. The number of nitrogens with one attached hydrogen (secondary N) is 1. The first-order chi connectivity index (χ1) is 11.8. The molecule has 0 aliphatic rings. The van der Waals surface area contributed by atoms with Crippen molar-refractivity contribution in [2.24, 2.45) is 0 Å². The molecule has 0 bridgehead atoms. The van der Waals surface area contributed by atoms with Crippen molar-refractivity contribution in [3.8, 4) is 11.5 Å². The molecule has 0 radical (unpaired) electrons. The van der Waals surface area contributed by atoms with Crippen LogP contribution in [0.4, 0.5) is 11.5 Å². The van der Waals surface area contributed by atoms with Gasteiger partial charge in [-0.1, -0.05) is 18.2 Å². The molecule has 0 atom stereocenters. The van der Waals surface area contributed by atoms with Crippen LogP contribution in [0.2, 0.25) is 0 Å². The zero-order valence-electron chi connectivity index (χ0n) is 13.4. The SMILES string of the molecule is COc1cccc(OC)c1Nc1nc2ccccc2n2cncc12. The smallest absolute Gasteiger partial charge is 0.157 e. The van der Waals surface area contributed by atoms with Crippen LogP contribution in [-0.4, -0.2) is 28.6 Å². The molecule has 120 valence electrons. The average molecular weight is 320 g/mol. The maximum atomic E-state index is 5.45. The zero-order chi connectivity index (χ0) is 16.5. The number of methoxy groups -OCH3 is 2. The Morgan fingerprint density at radius 3 is 2.42 bits per heavy atom. The van der Waals surface area contributed by atoms with Crippen LogP contribution < -0.4 is 14.8 Å². The lowest BCUT2D eigenvalue weighted by Gasteiger charge is -2.15. The standard InChI is InChI=1S/C18H16N4O2/c1-23-15-8-5-9-16(24-2)17(15)21-18-14-10-19-11-22(14)13-7-4-3-6-12(13)20-18/h3-11H,1-2H3,(H,20,21). The van der Waals surface area contributed by atoms with Gasteiger partial charge in [0.05, 0.1) is 37.8 Å². The van der Waals surface area contributed by atoms with Gasteiger partial charge in [0.15, 0.2) is 5.82 Å². The minimum absolute atomic E-state index is 0.682. The normalized spacial score (nSPS) is 10.9. The number of benzene rings is 2. The Kier molecular flexibility index (Phi) is 3.42. The number of imidazole rings is 1. The number of ether oxygens (including phenoxy) is 2. The average Bonchev–Trinajstić information content (AvgIpc) is 3.12. The first-order valence-electron chi connectivity index (χ1n) is 7.50. The van der Waals surface area contributed by atoms with E-state index in [4.69, 9.17) is 14.5 Å². The number of hydrogen-bond acceptors (Lipinski definition) is 5. The maximum absolute atomic E-state index is 5.45. The van der Waals surface area contributed by atoms with Crippen LogP contribution in [0.1, 0.15) is 0 Å². The lowest BCUT2D eigenvalue weighted by molar-refractivity contribution is 0.398. The molecule has 2 heterocycles. The monoisotopic (exact) mass is 320 g/mol. The minimum Gasteiger partial charge on any atom is -0.494 e. The molecule has 6 nitrogen and oxygen atoms in total. The molecule has 0 amide bonds. The fourth-order valence-corrected chi connectivity index (χ4v) is 2.79. The second kappa shape index (κ2) is 5.73. The first-order valence-corrected chi connectivity index (χ1v) is 7.50. The largest absolute Gasteiger partial charge is 0.494 e.